The Labute approximate surface area is 166 Å². The fraction of sp³-hybridized carbons (Fsp3) is 0.250. The molecule has 2 aliphatic rings. The zero-order chi connectivity index (χ0) is 19.8. The average molecular weight is 400 g/mol. The number of carbonyl (C=O) groups excluding carboxylic acids is 3. The van der Waals surface area contributed by atoms with E-state index in [9.17, 15) is 14.4 Å². The molecule has 2 N–H and O–H groups in total. The van der Waals surface area contributed by atoms with Crippen LogP contribution in [0.15, 0.2) is 42.5 Å². The van der Waals surface area contributed by atoms with Crippen molar-refractivity contribution in [2.75, 3.05) is 19.0 Å². The van der Waals surface area contributed by atoms with Crippen LogP contribution in [0, 0.1) is 0 Å². The molecule has 0 aliphatic carbocycles. The number of methoxy groups -OCH3 is 1. The van der Waals surface area contributed by atoms with Gasteiger partial charge in [-0.15, -0.1) is 0 Å². The molecule has 7 nitrogen and oxygen atoms in total. The summed E-state index contributed by atoms with van der Waals surface area (Å²) in [6.07, 6.45) is 0.348. The Bertz CT molecular complexity index is 960. The van der Waals surface area contributed by atoms with E-state index in [0.29, 0.717) is 34.0 Å². The molecule has 3 amide bonds. The Morgan fingerprint density at radius 2 is 1.96 bits per heavy atom. The molecule has 0 aromatic heterocycles. The van der Waals surface area contributed by atoms with E-state index >= 15 is 0 Å². The molecular formula is C20H18ClN3O4. The van der Waals surface area contributed by atoms with Crippen molar-refractivity contribution in [1.82, 2.24) is 10.2 Å². The van der Waals surface area contributed by atoms with Gasteiger partial charge in [-0.25, -0.2) is 0 Å². The van der Waals surface area contributed by atoms with Crippen LogP contribution in [-0.2, 0) is 4.79 Å². The van der Waals surface area contributed by atoms with Gasteiger partial charge in [-0.05, 0) is 48.9 Å². The van der Waals surface area contributed by atoms with Crippen molar-refractivity contribution in [3.63, 3.8) is 0 Å². The number of hydrogen-bond donors (Lipinski definition) is 2. The van der Waals surface area contributed by atoms with Gasteiger partial charge in [0.05, 0.1) is 18.4 Å². The molecule has 28 heavy (non-hydrogen) atoms. The smallest absolute Gasteiger partial charge is 0.256 e. The van der Waals surface area contributed by atoms with Crippen LogP contribution in [-0.4, -0.2) is 48.4 Å². The van der Waals surface area contributed by atoms with E-state index < -0.39 is 6.04 Å². The predicted molar refractivity (Wildman–Crippen MR) is 104 cm³/mol. The van der Waals surface area contributed by atoms with Gasteiger partial charge in [-0.1, -0.05) is 11.6 Å². The molecule has 144 valence electrons. The molecular weight excluding hydrogens is 382 g/mol. The molecule has 4 rings (SSSR count). The quantitative estimate of drug-likeness (QED) is 0.829. The van der Waals surface area contributed by atoms with Gasteiger partial charge < -0.3 is 20.3 Å². The summed E-state index contributed by atoms with van der Waals surface area (Å²) < 4.78 is 5.09. The van der Waals surface area contributed by atoms with Crippen molar-refractivity contribution >= 4 is 35.0 Å². The summed E-state index contributed by atoms with van der Waals surface area (Å²) in [6, 6.07) is 10.6. The third-order valence-electron chi connectivity index (χ3n) is 5.02. The largest absolute Gasteiger partial charge is 0.497 e. The molecule has 2 aromatic rings. The highest BCUT2D eigenvalue weighted by atomic mass is 35.5. The fourth-order valence-electron chi connectivity index (χ4n) is 3.60. The van der Waals surface area contributed by atoms with Gasteiger partial charge in [0, 0.05) is 23.2 Å². The maximum Gasteiger partial charge on any atom is 0.256 e. The standard InChI is InChI=1S/C20H18ClN3O4/c1-28-14-5-2-11(3-6-14)18(25)22-13-9-17-19(26)23-16-8-12(21)4-7-15(16)20(27)24(17)10-13/h2-8,13,17H,9-10H2,1H3,(H,22,25)(H,23,26)/t13-,17-/m1/s1. The normalized spacial score (nSPS) is 20.7. The maximum atomic E-state index is 12.9. The molecule has 0 saturated carbocycles. The molecule has 8 heteroatoms. The van der Waals surface area contributed by atoms with Crippen LogP contribution in [0.3, 0.4) is 0 Å². The van der Waals surface area contributed by atoms with Crippen LogP contribution in [0.4, 0.5) is 5.69 Å². The number of nitrogens with one attached hydrogen (secondary N) is 2. The van der Waals surface area contributed by atoms with Gasteiger partial charge in [-0.3, -0.25) is 14.4 Å². The molecule has 2 atom stereocenters. The number of rotatable bonds is 3. The van der Waals surface area contributed by atoms with Crippen molar-refractivity contribution in [2.45, 2.75) is 18.5 Å². The lowest BCUT2D eigenvalue weighted by Gasteiger charge is -2.20. The number of hydrogen-bond acceptors (Lipinski definition) is 4. The molecule has 1 saturated heterocycles. The van der Waals surface area contributed by atoms with Crippen LogP contribution in [0.5, 0.6) is 5.75 Å². The SMILES string of the molecule is COc1ccc(C(=O)N[C@@H]2C[C@@H]3C(=O)Nc4cc(Cl)ccc4C(=O)N3C2)cc1. The van der Waals surface area contributed by atoms with Crippen LogP contribution in [0.1, 0.15) is 27.1 Å². The maximum absolute atomic E-state index is 12.9. The van der Waals surface area contributed by atoms with Gasteiger partial charge >= 0.3 is 0 Å². The molecule has 1 fully saturated rings. The number of fused-ring (bicyclic) bond motifs is 2. The van der Waals surface area contributed by atoms with Crippen molar-refractivity contribution in [1.29, 1.82) is 0 Å². The van der Waals surface area contributed by atoms with Crippen molar-refractivity contribution in [3.05, 3.63) is 58.6 Å². The Morgan fingerprint density at radius 3 is 2.68 bits per heavy atom. The van der Waals surface area contributed by atoms with E-state index in [1.54, 1.807) is 49.6 Å². The van der Waals surface area contributed by atoms with E-state index in [1.165, 1.54) is 4.90 Å². The van der Waals surface area contributed by atoms with E-state index in [2.05, 4.69) is 10.6 Å². The first-order valence-electron chi connectivity index (χ1n) is 8.82. The minimum atomic E-state index is -0.639. The number of ether oxygens (including phenoxy) is 1. The number of carbonyl (C=O) groups is 3. The van der Waals surface area contributed by atoms with Crippen LogP contribution < -0.4 is 15.4 Å². The predicted octanol–water partition coefficient (Wildman–Crippen LogP) is 2.31. The third kappa shape index (κ3) is 3.29. The summed E-state index contributed by atoms with van der Waals surface area (Å²) in [5, 5.41) is 6.12. The van der Waals surface area contributed by atoms with Crippen molar-refractivity contribution in [2.24, 2.45) is 0 Å². The second-order valence-electron chi connectivity index (χ2n) is 6.79. The summed E-state index contributed by atoms with van der Waals surface area (Å²) in [5.74, 6) is -0.135. The van der Waals surface area contributed by atoms with Gasteiger partial charge in [0.25, 0.3) is 11.8 Å². The lowest BCUT2D eigenvalue weighted by Crippen LogP contribution is -2.41. The molecule has 0 unspecified atom stereocenters. The minimum absolute atomic E-state index is 0.254. The molecule has 2 heterocycles. The van der Waals surface area contributed by atoms with Gasteiger partial charge in [0.1, 0.15) is 11.8 Å². The molecule has 2 aliphatic heterocycles. The molecule has 0 spiro atoms. The first kappa shape index (κ1) is 18.3. The number of benzene rings is 2. The van der Waals surface area contributed by atoms with Crippen molar-refractivity contribution < 1.29 is 19.1 Å². The van der Waals surface area contributed by atoms with Crippen LogP contribution in [0.25, 0.3) is 0 Å². The highest BCUT2D eigenvalue weighted by molar-refractivity contribution is 6.31. The van der Waals surface area contributed by atoms with Crippen LogP contribution in [0.2, 0.25) is 5.02 Å². The number of anilines is 1. The summed E-state index contributed by atoms with van der Waals surface area (Å²) in [7, 11) is 1.56. The van der Waals surface area contributed by atoms with Gasteiger partial charge in [-0.2, -0.15) is 0 Å². The third-order valence-corrected chi connectivity index (χ3v) is 5.26. The van der Waals surface area contributed by atoms with E-state index in [0.717, 1.165) is 0 Å². The molecule has 0 bridgehead atoms. The topological polar surface area (TPSA) is 87.7 Å². The van der Waals surface area contributed by atoms with E-state index in [1.807, 2.05) is 0 Å². The van der Waals surface area contributed by atoms with Crippen LogP contribution >= 0.6 is 11.6 Å². The Kier molecular flexibility index (Phi) is 4.68. The van der Waals surface area contributed by atoms with Gasteiger partial charge in [0.2, 0.25) is 5.91 Å². The molecule has 0 radical (unpaired) electrons. The average Bonchev–Trinajstić information content (AvgIpc) is 3.08. The van der Waals surface area contributed by atoms with Gasteiger partial charge in [0.15, 0.2) is 0 Å². The lowest BCUT2D eigenvalue weighted by molar-refractivity contribution is -0.119. The van der Waals surface area contributed by atoms with E-state index in [-0.39, 0.29) is 30.3 Å². The summed E-state index contributed by atoms with van der Waals surface area (Å²) in [5.41, 5.74) is 1.29. The highest BCUT2D eigenvalue weighted by Gasteiger charge is 2.43. The fourth-order valence-corrected chi connectivity index (χ4v) is 3.77. The molecule has 2 aromatic carbocycles. The zero-order valence-corrected chi connectivity index (χ0v) is 15.8. The zero-order valence-electron chi connectivity index (χ0n) is 15.1. The first-order chi connectivity index (χ1) is 13.5. The summed E-state index contributed by atoms with van der Waals surface area (Å²) in [4.78, 5) is 39.5. The lowest BCUT2D eigenvalue weighted by atomic mass is 10.1. The second kappa shape index (κ2) is 7.16. The number of nitrogens with zero attached hydrogens (tertiary/aromatic N) is 1. The second-order valence-corrected chi connectivity index (χ2v) is 7.22. The number of halogens is 1. The Hall–Kier alpha value is -3.06. The Balaban J connectivity index is 1.51. The minimum Gasteiger partial charge on any atom is -0.497 e. The summed E-state index contributed by atoms with van der Waals surface area (Å²) >= 11 is 5.97. The summed E-state index contributed by atoms with van der Waals surface area (Å²) in [6.45, 7) is 0.265. The highest BCUT2D eigenvalue weighted by Crippen LogP contribution is 2.30. The Morgan fingerprint density at radius 1 is 1.21 bits per heavy atom. The van der Waals surface area contributed by atoms with Crippen molar-refractivity contribution in [3.8, 4) is 5.75 Å². The number of amides is 3. The van der Waals surface area contributed by atoms with E-state index in [4.69, 9.17) is 16.3 Å². The first-order valence-corrected chi connectivity index (χ1v) is 9.20. The monoisotopic (exact) mass is 399 g/mol.